The molecule has 118 valence electrons. The standard InChI is InChI=1S/C17H19N5O/c1-12-14(11-22(2)21-12)17(23)19-10-9-18-16-8-7-13-5-3-4-6-15(13)20-16/h3-8,11H,9-10H2,1-2H3,(H,18,20)(H,19,23). The number of pyridine rings is 1. The van der Waals surface area contributed by atoms with Crippen molar-refractivity contribution < 1.29 is 4.79 Å². The van der Waals surface area contributed by atoms with Crippen LogP contribution in [0.4, 0.5) is 5.82 Å². The molecule has 0 bridgehead atoms. The second-order valence-corrected chi connectivity index (χ2v) is 5.37. The molecular weight excluding hydrogens is 290 g/mol. The van der Waals surface area contributed by atoms with Crippen LogP contribution in [0.15, 0.2) is 42.6 Å². The van der Waals surface area contributed by atoms with Gasteiger partial charge in [-0.3, -0.25) is 9.48 Å². The third-order valence-electron chi connectivity index (χ3n) is 3.57. The van der Waals surface area contributed by atoms with Crippen LogP contribution in [0.3, 0.4) is 0 Å². The highest BCUT2D eigenvalue weighted by molar-refractivity contribution is 5.95. The van der Waals surface area contributed by atoms with E-state index in [4.69, 9.17) is 0 Å². The Labute approximate surface area is 134 Å². The number of benzene rings is 1. The van der Waals surface area contributed by atoms with Crippen LogP contribution >= 0.6 is 0 Å². The lowest BCUT2D eigenvalue weighted by molar-refractivity contribution is 0.0954. The van der Waals surface area contributed by atoms with Crippen LogP contribution in [0, 0.1) is 6.92 Å². The van der Waals surface area contributed by atoms with Crippen LogP contribution in [-0.2, 0) is 7.05 Å². The molecule has 1 amide bonds. The van der Waals surface area contributed by atoms with E-state index in [0.29, 0.717) is 18.7 Å². The summed E-state index contributed by atoms with van der Waals surface area (Å²) in [5.74, 6) is 0.694. The average Bonchev–Trinajstić information content (AvgIpc) is 2.90. The van der Waals surface area contributed by atoms with Crippen LogP contribution < -0.4 is 10.6 Å². The summed E-state index contributed by atoms with van der Waals surface area (Å²) in [5.41, 5.74) is 2.29. The first-order valence-corrected chi connectivity index (χ1v) is 7.51. The van der Waals surface area contributed by atoms with Crippen LogP contribution in [-0.4, -0.2) is 33.8 Å². The second kappa shape index (κ2) is 6.48. The normalized spacial score (nSPS) is 10.7. The number of hydrogen-bond donors (Lipinski definition) is 2. The van der Waals surface area contributed by atoms with Crippen LogP contribution in [0.1, 0.15) is 16.1 Å². The molecule has 0 radical (unpaired) electrons. The molecule has 6 heteroatoms. The van der Waals surface area contributed by atoms with Gasteiger partial charge in [-0.05, 0) is 25.1 Å². The molecule has 0 fully saturated rings. The maximum absolute atomic E-state index is 12.1. The van der Waals surface area contributed by atoms with E-state index in [1.807, 2.05) is 43.3 Å². The van der Waals surface area contributed by atoms with Crippen molar-refractivity contribution in [3.63, 3.8) is 0 Å². The Morgan fingerprint density at radius 2 is 2.00 bits per heavy atom. The summed E-state index contributed by atoms with van der Waals surface area (Å²) in [5, 5.41) is 11.4. The molecular formula is C17H19N5O. The first kappa shape index (κ1) is 15.0. The second-order valence-electron chi connectivity index (χ2n) is 5.37. The molecule has 0 atom stereocenters. The van der Waals surface area contributed by atoms with E-state index in [2.05, 4.69) is 20.7 Å². The first-order chi connectivity index (χ1) is 11.1. The minimum atomic E-state index is -0.108. The topological polar surface area (TPSA) is 71.8 Å². The lowest BCUT2D eigenvalue weighted by Gasteiger charge is -2.08. The fraction of sp³-hybridized carbons (Fsp3) is 0.235. The van der Waals surface area contributed by atoms with E-state index >= 15 is 0 Å². The smallest absolute Gasteiger partial charge is 0.254 e. The van der Waals surface area contributed by atoms with Crippen molar-refractivity contribution in [1.82, 2.24) is 20.1 Å². The average molecular weight is 309 g/mol. The van der Waals surface area contributed by atoms with Gasteiger partial charge in [-0.1, -0.05) is 18.2 Å². The molecule has 0 saturated heterocycles. The summed E-state index contributed by atoms with van der Waals surface area (Å²) in [4.78, 5) is 16.6. The van der Waals surface area contributed by atoms with E-state index in [1.165, 1.54) is 0 Å². The van der Waals surface area contributed by atoms with E-state index in [0.717, 1.165) is 22.4 Å². The number of amides is 1. The van der Waals surface area contributed by atoms with E-state index in [1.54, 1.807) is 17.9 Å². The summed E-state index contributed by atoms with van der Waals surface area (Å²) >= 11 is 0. The Balaban J connectivity index is 1.52. The number of anilines is 1. The molecule has 0 spiro atoms. The van der Waals surface area contributed by atoms with E-state index < -0.39 is 0 Å². The zero-order chi connectivity index (χ0) is 16.2. The molecule has 0 aliphatic rings. The van der Waals surface area contributed by atoms with Gasteiger partial charge in [0.15, 0.2) is 0 Å². The van der Waals surface area contributed by atoms with Gasteiger partial charge >= 0.3 is 0 Å². The van der Waals surface area contributed by atoms with Crippen molar-refractivity contribution in [3.05, 3.63) is 53.9 Å². The van der Waals surface area contributed by atoms with Gasteiger partial charge in [0.2, 0.25) is 0 Å². The number of rotatable bonds is 5. The molecule has 1 aromatic carbocycles. The summed E-state index contributed by atoms with van der Waals surface area (Å²) < 4.78 is 1.64. The lowest BCUT2D eigenvalue weighted by Crippen LogP contribution is -2.29. The highest BCUT2D eigenvalue weighted by Crippen LogP contribution is 2.14. The van der Waals surface area contributed by atoms with E-state index in [-0.39, 0.29) is 5.91 Å². The Bertz CT molecular complexity index is 840. The maximum Gasteiger partial charge on any atom is 0.254 e. The number of nitrogens with one attached hydrogen (secondary N) is 2. The molecule has 0 aliphatic heterocycles. The fourth-order valence-electron chi connectivity index (χ4n) is 2.45. The van der Waals surface area contributed by atoms with Gasteiger partial charge in [0.25, 0.3) is 5.91 Å². The fourth-order valence-corrected chi connectivity index (χ4v) is 2.45. The van der Waals surface area contributed by atoms with Crippen molar-refractivity contribution in [3.8, 4) is 0 Å². The monoisotopic (exact) mass is 309 g/mol. The van der Waals surface area contributed by atoms with Gasteiger partial charge in [-0.15, -0.1) is 0 Å². The van der Waals surface area contributed by atoms with E-state index in [9.17, 15) is 4.79 Å². The molecule has 0 saturated carbocycles. The minimum absolute atomic E-state index is 0.108. The Hall–Kier alpha value is -2.89. The zero-order valence-corrected chi connectivity index (χ0v) is 13.2. The van der Waals surface area contributed by atoms with Crippen molar-refractivity contribution in [2.75, 3.05) is 18.4 Å². The number of para-hydroxylation sites is 1. The molecule has 0 aliphatic carbocycles. The Morgan fingerprint density at radius 1 is 1.17 bits per heavy atom. The summed E-state index contributed by atoms with van der Waals surface area (Å²) in [7, 11) is 1.80. The van der Waals surface area contributed by atoms with Gasteiger partial charge in [-0.2, -0.15) is 5.10 Å². The number of nitrogens with zero attached hydrogens (tertiary/aromatic N) is 3. The molecule has 3 rings (SSSR count). The number of carbonyl (C=O) groups is 1. The van der Waals surface area contributed by atoms with Gasteiger partial charge in [-0.25, -0.2) is 4.98 Å². The van der Waals surface area contributed by atoms with Gasteiger partial charge in [0.1, 0.15) is 5.82 Å². The minimum Gasteiger partial charge on any atom is -0.368 e. The van der Waals surface area contributed by atoms with Gasteiger partial charge < -0.3 is 10.6 Å². The molecule has 6 nitrogen and oxygen atoms in total. The largest absolute Gasteiger partial charge is 0.368 e. The maximum atomic E-state index is 12.1. The number of aromatic nitrogens is 3. The van der Waals surface area contributed by atoms with Crippen molar-refractivity contribution >= 4 is 22.6 Å². The molecule has 2 N–H and O–H groups in total. The van der Waals surface area contributed by atoms with Gasteiger partial charge in [0, 0.05) is 31.7 Å². The SMILES string of the molecule is Cc1nn(C)cc1C(=O)NCCNc1ccc2ccccc2n1. The first-order valence-electron chi connectivity index (χ1n) is 7.51. The number of aryl methyl sites for hydroxylation is 2. The molecule has 23 heavy (non-hydrogen) atoms. The molecule has 2 aromatic heterocycles. The van der Waals surface area contributed by atoms with Crippen LogP contribution in [0.5, 0.6) is 0 Å². The van der Waals surface area contributed by atoms with Crippen molar-refractivity contribution in [2.24, 2.45) is 7.05 Å². The van der Waals surface area contributed by atoms with Crippen LogP contribution in [0.25, 0.3) is 10.9 Å². The predicted molar refractivity (Wildman–Crippen MR) is 90.5 cm³/mol. The third-order valence-corrected chi connectivity index (χ3v) is 3.57. The predicted octanol–water partition coefficient (Wildman–Crippen LogP) is 2.12. The Morgan fingerprint density at radius 3 is 2.78 bits per heavy atom. The van der Waals surface area contributed by atoms with Crippen molar-refractivity contribution in [1.29, 1.82) is 0 Å². The molecule has 3 aromatic rings. The molecule has 0 unspecified atom stereocenters. The van der Waals surface area contributed by atoms with Crippen molar-refractivity contribution in [2.45, 2.75) is 6.92 Å². The van der Waals surface area contributed by atoms with Gasteiger partial charge in [0.05, 0.1) is 16.8 Å². The van der Waals surface area contributed by atoms with Crippen LogP contribution in [0.2, 0.25) is 0 Å². The number of hydrogen-bond acceptors (Lipinski definition) is 4. The summed E-state index contributed by atoms with van der Waals surface area (Å²) in [6.45, 7) is 2.95. The number of carbonyl (C=O) groups excluding carboxylic acids is 1. The molecule has 2 heterocycles. The number of fused-ring (bicyclic) bond motifs is 1. The third kappa shape index (κ3) is 3.48. The lowest BCUT2D eigenvalue weighted by atomic mass is 10.2. The highest BCUT2D eigenvalue weighted by Gasteiger charge is 2.11. The summed E-state index contributed by atoms with van der Waals surface area (Å²) in [6, 6.07) is 11.9. The highest BCUT2D eigenvalue weighted by atomic mass is 16.1. The Kier molecular flexibility index (Phi) is 4.23. The quantitative estimate of drug-likeness (QED) is 0.708. The zero-order valence-electron chi connectivity index (χ0n) is 13.2. The summed E-state index contributed by atoms with van der Waals surface area (Å²) in [6.07, 6.45) is 1.73.